The second-order valence-corrected chi connectivity index (χ2v) is 5.93. The molecule has 0 amide bonds. The van der Waals surface area contributed by atoms with Gasteiger partial charge in [-0.1, -0.05) is 6.07 Å². The molecule has 2 N–H and O–H groups in total. The molecule has 0 saturated carbocycles. The molecule has 2 rings (SSSR count). The van der Waals surface area contributed by atoms with E-state index in [1.807, 2.05) is 17.5 Å². The summed E-state index contributed by atoms with van der Waals surface area (Å²) in [5, 5.41) is 15.1. The quantitative estimate of drug-likeness (QED) is 0.764. The van der Waals surface area contributed by atoms with E-state index in [1.165, 1.54) is 17.7 Å². The van der Waals surface area contributed by atoms with Gasteiger partial charge in [-0.2, -0.15) is 0 Å². The molecule has 2 atom stereocenters. The van der Waals surface area contributed by atoms with Crippen LogP contribution >= 0.6 is 11.3 Å². The molecule has 1 aliphatic rings. The summed E-state index contributed by atoms with van der Waals surface area (Å²) in [6.45, 7) is 3.21. The highest BCUT2D eigenvalue weighted by Crippen LogP contribution is 2.11. The third kappa shape index (κ3) is 6.01. The molecule has 108 valence electrons. The van der Waals surface area contributed by atoms with Crippen molar-refractivity contribution in [2.75, 3.05) is 26.3 Å². The number of hydrogen-bond acceptors (Lipinski definition) is 5. The number of ether oxygens (including phenoxy) is 2. The van der Waals surface area contributed by atoms with Crippen LogP contribution in [0.15, 0.2) is 17.5 Å². The van der Waals surface area contributed by atoms with Crippen molar-refractivity contribution in [3.63, 3.8) is 0 Å². The van der Waals surface area contributed by atoms with E-state index < -0.39 is 6.10 Å². The number of thiophene rings is 1. The van der Waals surface area contributed by atoms with Gasteiger partial charge < -0.3 is 19.9 Å². The molecule has 5 heteroatoms. The second kappa shape index (κ2) is 8.66. The van der Waals surface area contributed by atoms with Crippen LogP contribution in [-0.2, 0) is 16.1 Å². The van der Waals surface area contributed by atoms with Gasteiger partial charge in [0.2, 0.25) is 0 Å². The van der Waals surface area contributed by atoms with Crippen molar-refractivity contribution in [2.45, 2.75) is 38.1 Å². The summed E-state index contributed by atoms with van der Waals surface area (Å²) in [4.78, 5) is 1.19. The van der Waals surface area contributed by atoms with Crippen LogP contribution in [-0.4, -0.2) is 43.6 Å². The van der Waals surface area contributed by atoms with Gasteiger partial charge in [0.1, 0.15) is 0 Å². The molecular weight excluding hydrogens is 262 g/mol. The minimum Gasteiger partial charge on any atom is -0.389 e. The summed E-state index contributed by atoms with van der Waals surface area (Å²) in [7, 11) is 0. The Kier molecular flexibility index (Phi) is 6.81. The smallest absolute Gasteiger partial charge is 0.0897 e. The standard InChI is InChI=1S/C14H23NO3S/c16-12(10-17-11-14-5-3-7-19-14)8-15-9-13-4-1-2-6-18-13/h3,5,7,12-13,15-16H,1-2,4,6,8-11H2. The molecule has 1 saturated heterocycles. The maximum atomic E-state index is 9.78. The van der Waals surface area contributed by atoms with Crippen molar-refractivity contribution < 1.29 is 14.6 Å². The van der Waals surface area contributed by atoms with E-state index in [-0.39, 0.29) is 0 Å². The van der Waals surface area contributed by atoms with Crippen LogP contribution < -0.4 is 5.32 Å². The Balaban J connectivity index is 1.48. The second-order valence-electron chi connectivity index (χ2n) is 4.90. The maximum Gasteiger partial charge on any atom is 0.0897 e. The molecule has 1 aromatic heterocycles. The lowest BCUT2D eigenvalue weighted by Gasteiger charge is -2.23. The highest BCUT2D eigenvalue weighted by Gasteiger charge is 2.13. The molecule has 2 heterocycles. The number of nitrogens with one attached hydrogen (secondary N) is 1. The van der Waals surface area contributed by atoms with E-state index in [2.05, 4.69) is 5.32 Å². The van der Waals surface area contributed by atoms with Gasteiger partial charge in [-0.3, -0.25) is 0 Å². The predicted molar refractivity (Wildman–Crippen MR) is 76.4 cm³/mol. The Labute approximate surface area is 118 Å². The molecule has 0 aromatic carbocycles. The Morgan fingerprint density at radius 3 is 3.21 bits per heavy atom. The lowest BCUT2D eigenvalue weighted by molar-refractivity contribution is 0.00787. The number of aliphatic hydroxyl groups excluding tert-OH is 1. The Hall–Kier alpha value is -0.460. The van der Waals surface area contributed by atoms with Crippen molar-refractivity contribution in [3.05, 3.63) is 22.4 Å². The van der Waals surface area contributed by atoms with Gasteiger partial charge in [0.25, 0.3) is 0 Å². The zero-order valence-corrected chi connectivity index (χ0v) is 12.0. The summed E-state index contributed by atoms with van der Waals surface area (Å²) in [5.74, 6) is 0. The average Bonchev–Trinajstić information content (AvgIpc) is 2.93. The minimum atomic E-state index is -0.455. The third-order valence-corrected chi connectivity index (χ3v) is 4.01. The largest absolute Gasteiger partial charge is 0.389 e. The van der Waals surface area contributed by atoms with E-state index in [1.54, 1.807) is 11.3 Å². The van der Waals surface area contributed by atoms with Crippen LogP contribution in [0, 0.1) is 0 Å². The SMILES string of the molecule is OC(CNCC1CCCCO1)COCc1cccs1. The fraction of sp³-hybridized carbons (Fsp3) is 0.714. The van der Waals surface area contributed by atoms with Gasteiger partial charge in [0, 0.05) is 24.6 Å². The first kappa shape index (κ1) is 14.9. The van der Waals surface area contributed by atoms with E-state index in [4.69, 9.17) is 9.47 Å². The number of hydrogen-bond donors (Lipinski definition) is 2. The van der Waals surface area contributed by atoms with Crippen molar-refractivity contribution in [2.24, 2.45) is 0 Å². The summed E-state index contributed by atoms with van der Waals surface area (Å²) < 4.78 is 11.1. The molecule has 1 fully saturated rings. The van der Waals surface area contributed by atoms with Gasteiger partial charge in [-0.05, 0) is 30.7 Å². The van der Waals surface area contributed by atoms with Crippen LogP contribution in [0.4, 0.5) is 0 Å². The van der Waals surface area contributed by atoms with Crippen molar-refractivity contribution in [1.29, 1.82) is 0 Å². The van der Waals surface area contributed by atoms with Crippen LogP contribution in [0.25, 0.3) is 0 Å². The molecular formula is C14H23NO3S. The molecule has 0 aliphatic carbocycles. The summed E-state index contributed by atoms with van der Waals surface area (Å²) >= 11 is 1.67. The molecule has 0 radical (unpaired) electrons. The Bertz CT molecular complexity index is 325. The van der Waals surface area contributed by atoms with Crippen molar-refractivity contribution >= 4 is 11.3 Å². The Morgan fingerprint density at radius 1 is 1.53 bits per heavy atom. The zero-order valence-electron chi connectivity index (χ0n) is 11.2. The van der Waals surface area contributed by atoms with Crippen LogP contribution in [0.3, 0.4) is 0 Å². The normalized spacial score (nSPS) is 21.4. The molecule has 0 bridgehead atoms. The fourth-order valence-electron chi connectivity index (χ4n) is 2.13. The molecule has 0 spiro atoms. The van der Waals surface area contributed by atoms with Gasteiger partial charge in [-0.25, -0.2) is 0 Å². The van der Waals surface area contributed by atoms with E-state index in [9.17, 15) is 5.11 Å². The van der Waals surface area contributed by atoms with E-state index in [0.29, 0.717) is 25.9 Å². The van der Waals surface area contributed by atoms with E-state index in [0.717, 1.165) is 19.6 Å². The van der Waals surface area contributed by atoms with Gasteiger partial charge in [0.15, 0.2) is 0 Å². The predicted octanol–water partition coefficient (Wildman–Crippen LogP) is 1.78. The van der Waals surface area contributed by atoms with Crippen LogP contribution in [0.1, 0.15) is 24.1 Å². The van der Waals surface area contributed by atoms with Gasteiger partial charge in [-0.15, -0.1) is 11.3 Å². The molecule has 2 unspecified atom stereocenters. The summed E-state index contributed by atoms with van der Waals surface area (Å²) in [6, 6.07) is 4.04. The summed E-state index contributed by atoms with van der Waals surface area (Å²) in [6.07, 6.45) is 3.41. The molecule has 1 aliphatic heterocycles. The average molecular weight is 285 g/mol. The highest BCUT2D eigenvalue weighted by atomic mass is 32.1. The monoisotopic (exact) mass is 285 g/mol. The first-order chi connectivity index (χ1) is 9.34. The molecule has 19 heavy (non-hydrogen) atoms. The highest BCUT2D eigenvalue weighted by molar-refractivity contribution is 7.09. The lowest BCUT2D eigenvalue weighted by atomic mass is 10.1. The fourth-order valence-corrected chi connectivity index (χ4v) is 2.77. The Morgan fingerprint density at radius 2 is 2.47 bits per heavy atom. The number of rotatable bonds is 8. The van der Waals surface area contributed by atoms with Gasteiger partial charge in [0.05, 0.1) is 25.4 Å². The zero-order chi connectivity index (χ0) is 13.3. The number of aliphatic hydroxyl groups is 1. The first-order valence-electron chi connectivity index (χ1n) is 6.95. The molecule has 4 nitrogen and oxygen atoms in total. The maximum absolute atomic E-state index is 9.78. The topological polar surface area (TPSA) is 50.7 Å². The van der Waals surface area contributed by atoms with Crippen LogP contribution in [0.5, 0.6) is 0 Å². The van der Waals surface area contributed by atoms with Crippen molar-refractivity contribution in [1.82, 2.24) is 5.32 Å². The minimum absolute atomic E-state index is 0.313. The third-order valence-electron chi connectivity index (χ3n) is 3.16. The van der Waals surface area contributed by atoms with E-state index >= 15 is 0 Å². The van der Waals surface area contributed by atoms with Crippen LogP contribution in [0.2, 0.25) is 0 Å². The first-order valence-corrected chi connectivity index (χ1v) is 7.83. The van der Waals surface area contributed by atoms with Crippen molar-refractivity contribution in [3.8, 4) is 0 Å². The van der Waals surface area contributed by atoms with Gasteiger partial charge >= 0.3 is 0 Å². The molecule has 1 aromatic rings. The summed E-state index contributed by atoms with van der Waals surface area (Å²) in [5.41, 5.74) is 0. The lowest BCUT2D eigenvalue weighted by Crippen LogP contribution is -2.37.